The quantitative estimate of drug-likeness (QED) is 0.831. The monoisotopic (exact) mass is 320 g/mol. The van der Waals surface area contributed by atoms with Gasteiger partial charge in [-0.3, -0.25) is 0 Å². The molecule has 0 aromatic heterocycles. The number of hydrogen-bond acceptors (Lipinski definition) is 2. The second-order valence-electron chi connectivity index (χ2n) is 8.13. The van der Waals surface area contributed by atoms with Gasteiger partial charge in [0.05, 0.1) is 0 Å². The van der Waals surface area contributed by atoms with Crippen LogP contribution in [0.1, 0.15) is 43.2 Å². The molecule has 2 aromatic carbocycles. The second kappa shape index (κ2) is 5.02. The van der Waals surface area contributed by atoms with Crippen LogP contribution in [0.25, 0.3) is 0 Å². The zero-order chi connectivity index (χ0) is 16.3. The number of rotatable bonds is 2. The highest BCUT2D eigenvalue weighted by Crippen LogP contribution is 2.67. The smallest absolute Gasteiger partial charge is 0.115 e. The first-order valence-electron chi connectivity index (χ1n) is 9.27. The van der Waals surface area contributed by atoms with Crippen LogP contribution in [0.2, 0.25) is 0 Å². The maximum absolute atomic E-state index is 9.75. The lowest BCUT2D eigenvalue weighted by Crippen LogP contribution is -2.37. The Hall–Kier alpha value is -1.96. The molecule has 2 nitrogen and oxygen atoms in total. The Morgan fingerprint density at radius 2 is 1.25 bits per heavy atom. The van der Waals surface area contributed by atoms with Crippen LogP contribution in [0, 0.1) is 23.7 Å². The maximum Gasteiger partial charge on any atom is 0.115 e. The van der Waals surface area contributed by atoms with E-state index in [0.717, 1.165) is 17.8 Å². The van der Waals surface area contributed by atoms with Gasteiger partial charge in [-0.05, 0) is 91.2 Å². The summed E-state index contributed by atoms with van der Waals surface area (Å²) in [6, 6.07) is 15.8. The number of fused-ring (bicyclic) bond motifs is 5. The van der Waals surface area contributed by atoms with E-state index in [1.54, 1.807) is 0 Å². The van der Waals surface area contributed by atoms with E-state index in [2.05, 4.69) is 24.3 Å². The predicted molar refractivity (Wildman–Crippen MR) is 94.0 cm³/mol. The summed E-state index contributed by atoms with van der Waals surface area (Å²) in [5, 5.41) is 19.5. The van der Waals surface area contributed by atoms with Gasteiger partial charge in [0.15, 0.2) is 0 Å². The molecule has 0 spiro atoms. The van der Waals surface area contributed by atoms with Crippen molar-refractivity contribution in [3.8, 4) is 11.5 Å². The molecule has 0 saturated heterocycles. The summed E-state index contributed by atoms with van der Waals surface area (Å²) in [5.41, 5.74) is 2.73. The fourth-order valence-corrected chi connectivity index (χ4v) is 6.51. The summed E-state index contributed by atoms with van der Waals surface area (Å²) in [6.45, 7) is 0. The molecule has 3 aliphatic carbocycles. The minimum absolute atomic E-state index is 0.0475. The van der Waals surface area contributed by atoms with E-state index in [4.69, 9.17) is 0 Å². The first-order chi connectivity index (χ1) is 11.7. The van der Waals surface area contributed by atoms with Crippen molar-refractivity contribution in [1.82, 2.24) is 0 Å². The van der Waals surface area contributed by atoms with Crippen LogP contribution in [0.5, 0.6) is 11.5 Å². The molecule has 0 heterocycles. The average Bonchev–Trinajstić information content (AvgIpc) is 3.29. The minimum atomic E-state index is 0.0475. The molecular formula is C22H24O2. The van der Waals surface area contributed by atoms with E-state index in [-0.39, 0.29) is 5.41 Å². The van der Waals surface area contributed by atoms with E-state index >= 15 is 0 Å². The molecule has 0 amide bonds. The van der Waals surface area contributed by atoms with E-state index in [1.165, 1.54) is 43.2 Å². The minimum Gasteiger partial charge on any atom is -0.508 e. The van der Waals surface area contributed by atoms with Crippen LogP contribution in [0.4, 0.5) is 0 Å². The highest BCUT2D eigenvalue weighted by atomic mass is 16.3. The van der Waals surface area contributed by atoms with Gasteiger partial charge in [0.1, 0.15) is 11.5 Å². The SMILES string of the molecule is Oc1ccc(C2(c3ccc(O)cc3)CCC3C4CCC(C4)C32)cc1. The first-order valence-corrected chi connectivity index (χ1v) is 9.27. The zero-order valence-electron chi connectivity index (χ0n) is 13.9. The lowest BCUT2D eigenvalue weighted by Gasteiger charge is -2.41. The fourth-order valence-electron chi connectivity index (χ4n) is 6.51. The van der Waals surface area contributed by atoms with Crippen molar-refractivity contribution in [2.75, 3.05) is 0 Å². The third-order valence-electron chi connectivity index (χ3n) is 7.29. The summed E-state index contributed by atoms with van der Waals surface area (Å²) in [5.74, 6) is 4.00. The number of aromatic hydroxyl groups is 2. The summed E-state index contributed by atoms with van der Waals surface area (Å²) in [4.78, 5) is 0. The number of benzene rings is 2. The molecule has 4 atom stereocenters. The Morgan fingerprint density at radius 1 is 0.708 bits per heavy atom. The molecule has 2 aromatic rings. The van der Waals surface area contributed by atoms with Crippen LogP contribution in [0.15, 0.2) is 48.5 Å². The summed E-state index contributed by atoms with van der Waals surface area (Å²) in [7, 11) is 0. The molecule has 124 valence electrons. The van der Waals surface area contributed by atoms with Crippen molar-refractivity contribution >= 4 is 0 Å². The molecular weight excluding hydrogens is 296 g/mol. The topological polar surface area (TPSA) is 40.5 Å². The highest BCUT2D eigenvalue weighted by molar-refractivity contribution is 5.46. The van der Waals surface area contributed by atoms with Crippen LogP contribution >= 0.6 is 0 Å². The predicted octanol–water partition coefficient (Wildman–Crippen LogP) is 4.84. The Kier molecular flexibility index (Phi) is 3.01. The Labute approximate surface area is 143 Å². The van der Waals surface area contributed by atoms with Crippen molar-refractivity contribution in [1.29, 1.82) is 0 Å². The standard InChI is InChI=1S/C22H24O2/c23-18-7-3-16(4-8-18)22(17-5-9-19(24)10-6-17)12-11-20-14-1-2-15(13-14)21(20)22/h3-10,14-15,20-21,23-24H,1-2,11-13H2. The third kappa shape index (κ3) is 1.83. The molecule has 0 aliphatic heterocycles. The molecule has 3 aliphatic rings. The van der Waals surface area contributed by atoms with Crippen molar-refractivity contribution in [2.24, 2.45) is 23.7 Å². The Bertz CT molecular complexity index is 701. The third-order valence-corrected chi connectivity index (χ3v) is 7.29. The van der Waals surface area contributed by atoms with Gasteiger partial charge < -0.3 is 10.2 Å². The number of hydrogen-bond donors (Lipinski definition) is 2. The first kappa shape index (κ1) is 14.4. The maximum atomic E-state index is 9.75. The van der Waals surface area contributed by atoms with Crippen molar-refractivity contribution in [3.05, 3.63) is 59.7 Å². The van der Waals surface area contributed by atoms with Crippen LogP contribution in [-0.4, -0.2) is 10.2 Å². The van der Waals surface area contributed by atoms with E-state index in [0.29, 0.717) is 17.4 Å². The van der Waals surface area contributed by atoms with Crippen molar-refractivity contribution < 1.29 is 10.2 Å². The van der Waals surface area contributed by atoms with Crippen LogP contribution < -0.4 is 0 Å². The summed E-state index contributed by atoms with van der Waals surface area (Å²) < 4.78 is 0. The van der Waals surface area contributed by atoms with E-state index < -0.39 is 0 Å². The van der Waals surface area contributed by atoms with Gasteiger partial charge in [-0.1, -0.05) is 24.3 Å². The summed E-state index contributed by atoms with van der Waals surface area (Å²) >= 11 is 0. The van der Waals surface area contributed by atoms with E-state index in [1.807, 2.05) is 24.3 Å². The molecule has 24 heavy (non-hydrogen) atoms. The average molecular weight is 320 g/mol. The van der Waals surface area contributed by atoms with Gasteiger partial charge in [0.2, 0.25) is 0 Å². The zero-order valence-corrected chi connectivity index (χ0v) is 13.9. The van der Waals surface area contributed by atoms with Crippen molar-refractivity contribution in [3.63, 3.8) is 0 Å². The fraction of sp³-hybridized carbons (Fsp3) is 0.455. The normalized spacial score (nSPS) is 32.8. The van der Waals surface area contributed by atoms with Crippen molar-refractivity contribution in [2.45, 2.75) is 37.5 Å². The van der Waals surface area contributed by atoms with Gasteiger partial charge in [-0.25, -0.2) is 0 Å². The highest BCUT2D eigenvalue weighted by Gasteiger charge is 2.60. The van der Waals surface area contributed by atoms with Gasteiger partial charge in [0, 0.05) is 5.41 Å². The van der Waals surface area contributed by atoms with Crippen LogP contribution in [-0.2, 0) is 5.41 Å². The molecule has 5 rings (SSSR count). The molecule has 2 bridgehead atoms. The van der Waals surface area contributed by atoms with Gasteiger partial charge in [-0.2, -0.15) is 0 Å². The summed E-state index contributed by atoms with van der Waals surface area (Å²) in [6.07, 6.45) is 6.71. The Balaban J connectivity index is 1.69. The molecule has 4 unspecified atom stereocenters. The molecule has 2 heteroatoms. The molecule has 2 N–H and O–H groups in total. The van der Waals surface area contributed by atoms with Gasteiger partial charge >= 0.3 is 0 Å². The van der Waals surface area contributed by atoms with E-state index in [9.17, 15) is 10.2 Å². The number of phenolic OH excluding ortho intramolecular Hbond substituents is 2. The lowest BCUT2D eigenvalue weighted by molar-refractivity contribution is 0.205. The largest absolute Gasteiger partial charge is 0.508 e. The Morgan fingerprint density at radius 3 is 1.83 bits per heavy atom. The second-order valence-corrected chi connectivity index (χ2v) is 8.13. The number of phenols is 2. The molecule has 3 fully saturated rings. The van der Waals surface area contributed by atoms with Gasteiger partial charge in [-0.15, -0.1) is 0 Å². The van der Waals surface area contributed by atoms with Gasteiger partial charge in [0.25, 0.3) is 0 Å². The van der Waals surface area contributed by atoms with Crippen LogP contribution in [0.3, 0.4) is 0 Å². The lowest BCUT2D eigenvalue weighted by atomic mass is 9.62. The molecule has 3 saturated carbocycles. The molecule has 0 radical (unpaired) electrons.